The second kappa shape index (κ2) is 5.61. The van der Waals surface area contributed by atoms with Crippen LogP contribution in [0.1, 0.15) is 5.82 Å². The lowest BCUT2D eigenvalue weighted by Crippen LogP contribution is -2.15. The van der Waals surface area contributed by atoms with Gasteiger partial charge in [0.1, 0.15) is 11.5 Å². The van der Waals surface area contributed by atoms with Crippen LogP contribution in [-0.2, 0) is 10.0 Å². The molecule has 2 aromatic rings. The number of aryl methyl sites for hydroxylation is 1. The van der Waals surface area contributed by atoms with E-state index in [1.165, 1.54) is 19.2 Å². The van der Waals surface area contributed by atoms with E-state index in [0.717, 1.165) is 17.6 Å². The predicted octanol–water partition coefficient (Wildman–Crippen LogP) is 1.60. The van der Waals surface area contributed by atoms with Gasteiger partial charge in [-0.1, -0.05) is 6.07 Å². The third-order valence-electron chi connectivity index (χ3n) is 2.49. The second-order valence-corrected chi connectivity index (χ2v) is 6.31. The monoisotopic (exact) mass is 329 g/mol. The highest BCUT2D eigenvalue weighted by atomic mass is 32.2. The van der Waals surface area contributed by atoms with E-state index < -0.39 is 25.5 Å². The minimum Gasteiger partial charge on any atom is -0.383 e. The molecule has 0 fully saturated rings. The predicted molar refractivity (Wildman–Crippen MR) is 78.1 cm³/mol. The van der Waals surface area contributed by atoms with Gasteiger partial charge in [-0.3, -0.25) is 14.8 Å². The smallest absolute Gasteiger partial charge is 0.312 e. The summed E-state index contributed by atoms with van der Waals surface area (Å²) < 4.78 is 30.6. The Balaban J connectivity index is 2.52. The highest BCUT2D eigenvalue weighted by Crippen LogP contribution is 2.32. The zero-order valence-electron chi connectivity index (χ0n) is 11.0. The van der Waals surface area contributed by atoms with Gasteiger partial charge in [-0.15, -0.1) is 0 Å². The summed E-state index contributed by atoms with van der Waals surface area (Å²) >= 11 is 0.858. The number of hydrogen-bond acceptors (Lipinski definition) is 8. The molecule has 0 unspecified atom stereocenters. The number of nitrogens with one attached hydrogen (secondary N) is 2. The first kappa shape index (κ1) is 15.1. The number of benzene rings is 1. The summed E-state index contributed by atoms with van der Waals surface area (Å²) in [6, 6.07) is 4.00. The maximum Gasteiger partial charge on any atom is 0.312 e. The first-order valence-electron chi connectivity index (χ1n) is 5.63. The van der Waals surface area contributed by atoms with Crippen molar-refractivity contribution in [2.75, 3.05) is 17.1 Å². The molecular formula is C10H11N5O4S2. The largest absolute Gasteiger partial charge is 0.383 e. The summed E-state index contributed by atoms with van der Waals surface area (Å²) in [6.45, 7) is 1.61. The van der Waals surface area contributed by atoms with Gasteiger partial charge in [0.25, 0.3) is 10.0 Å². The van der Waals surface area contributed by atoms with Crippen molar-refractivity contribution < 1.29 is 13.3 Å². The molecule has 1 aromatic heterocycles. The fourth-order valence-corrected chi connectivity index (χ4v) is 3.63. The van der Waals surface area contributed by atoms with Crippen molar-refractivity contribution in [1.82, 2.24) is 9.36 Å². The first-order chi connectivity index (χ1) is 9.85. The van der Waals surface area contributed by atoms with Crippen LogP contribution in [0.4, 0.5) is 16.5 Å². The molecule has 0 saturated carbocycles. The van der Waals surface area contributed by atoms with E-state index >= 15 is 0 Å². The van der Waals surface area contributed by atoms with Crippen LogP contribution in [0.25, 0.3) is 0 Å². The van der Waals surface area contributed by atoms with E-state index in [9.17, 15) is 18.5 Å². The van der Waals surface area contributed by atoms with Gasteiger partial charge in [0, 0.05) is 18.6 Å². The minimum atomic E-state index is -4.13. The van der Waals surface area contributed by atoms with Crippen molar-refractivity contribution in [3.05, 3.63) is 34.1 Å². The number of anilines is 2. The van der Waals surface area contributed by atoms with Crippen LogP contribution in [0.2, 0.25) is 0 Å². The number of aromatic nitrogens is 2. The van der Waals surface area contributed by atoms with Gasteiger partial charge in [-0.2, -0.15) is 4.37 Å². The zero-order chi connectivity index (χ0) is 15.6. The number of nitro benzene ring substituents is 1. The van der Waals surface area contributed by atoms with E-state index in [1.54, 1.807) is 6.92 Å². The maximum atomic E-state index is 12.3. The fourth-order valence-electron chi connectivity index (χ4n) is 1.64. The van der Waals surface area contributed by atoms with Gasteiger partial charge in [0.05, 0.1) is 4.92 Å². The first-order valence-corrected chi connectivity index (χ1v) is 7.89. The lowest BCUT2D eigenvalue weighted by atomic mass is 10.3. The quantitative estimate of drug-likeness (QED) is 0.630. The summed E-state index contributed by atoms with van der Waals surface area (Å²) in [6.07, 6.45) is 0. The molecule has 0 aliphatic heterocycles. The molecule has 0 aliphatic carbocycles. The Hall–Kier alpha value is -2.27. The molecule has 112 valence electrons. The average Bonchev–Trinajstić information content (AvgIpc) is 2.82. The van der Waals surface area contributed by atoms with Crippen molar-refractivity contribution in [3.63, 3.8) is 0 Å². The molecule has 0 atom stereocenters. The van der Waals surface area contributed by atoms with Gasteiger partial charge in [0.15, 0.2) is 4.90 Å². The van der Waals surface area contributed by atoms with Crippen molar-refractivity contribution in [1.29, 1.82) is 0 Å². The highest BCUT2D eigenvalue weighted by molar-refractivity contribution is 7.93. The number of nitro groups is 1. The Morgan fingerprint density at radius 3 is 2.62 bits per heavy atom. The summed E-state index contributed by atoms with van der Waals surface area (Å²) in [5, 5.41) is 13.8. The fraction of sp³-hybridized carbons (Fsp3) is 0.200. The third-order valence-corrected chi connectivity index (χ3v) is 4.71. The Morgan fingerprint density at radius 1 is 1.38 bits per heavy atom. The van der Waals surface area contributed by atoms with Crippen LogP contribution < -0.4 is 10.0 Å². The molecule has 0 radical (unpaired) electrons. The van der Waals surface area contributed by atoms with Crippen LogP contribution in [0.3, 0.4) is 0 Å². The molecule has 0 saturated heterocycles. The molecule has 2 rings (SSSR count). The van der Waals surface area contributed by atoms with Crippen molar-refractivity contribution >= 4 is 38.1 Å². The molecule has 0 aliphatic rings. The van der Waals surface area contributed by atoms with Crippen LogP contribution in [0, 0.1) is 17.0 Å². The van der Waals surface area contributed by atoms with Crippen LogP contribution in [0.15, 0.2) is 23.1 Å². The normalized spacial score (nSPS) is 11.1. The lowest BCUT2D eigenvalue weighted by molar-refractivity contribution is -0.386. The number of hydrogen-bond donors (Lipinski definition) is 2. The van der Waals surface area contributed by atoms with E-state index in [1.807, 2.05) is 0 Å². The Morgan fingerprint density at radius 2 is 2.10 bits per heavy atom. The summed E-state index contributed by atoms with van der Waals surface area (Å²) in [4.78, 5) is 13.8. The molecular weight excluding hydrogens is 318 g/mol. The standard InChI is InChI=1S/C10H11N5O4S2/c1-6-12-10(20-13-6)14-21(18,19)8-5-3-4-7(11-2)9(8)15(16)17/h3-5,11H,1-2H3,(H,12,13,14). The van der Waals surface area contributed by atoms with E-state index in [-0.39, 0.29) is 10.8 Å². The molecule has 0 amide bonds. The molecule has 9 nitrogen and oxygen atoms in total. The number of nitrogens with zero attached hydrogens (tertiary/aromatic N) is 3. The van der Waals surface area contributed by atoms with E-state index in [2.05, 4.69) is 19.4 Å². The van der Waals surface area contributed by atoms with Gasteiger partial charge >= 0.3 is 5.69 Å². The molecule has 1 aromatic carbocycles. The van der Waals surface area contributed by atoms with E-state index in [0.29, 0.717) is 5.82 Å². The van der Waals surface area contributed by atoms with Crippen molar-refractivity contribution in [2.45, 2.75) is 11.8 Å². The summed E-state index contributed by atoms with van der Waals surface area (Å²) in [5.74, 6) is 0.413. The molecule has 0 bridgehead atoms. The SMILES string of the molecule is CNc1cccc(S(=O)(=O)Nc2nc(C)ns2)c1[N+](=O)[O-]. The Bertz CT molecular complexity index is 786. The summed E-state index contributed by atoms with van der Waals surface area (Å²) in [5.41, 5.74) is -0.412. The van der Waals surface area contributed by atoms with Gasteiger partial charge in [-0.05, 0) is 19.1 Å². The van der Waals surface area contributed by atoms with E-state index in [4.69, 9.17) is 0 Å². The number of para-hydroxylation sites is 1. The molecule has 2 N–H and O–H groups in total. The average molecular weight is 329 g/mol. The van der Waals surface area contributed by atoms with Crippen molar-refractivity contribution in [2.24, 2.45) is 0 Å². The minimum absolute atomic E-state index is 0.0525. The molecule has 11 heteroatoms. The van der Waals surface area contributed by atoms with Crippen LogP contribution in [0.5, 0.6) is 0 Å². The highest BCUT2D eigenvalue weighted by Gasteiger charge is 2.29. The lowest BCUT2D eigenvalue weighted by Gasteiger charge is -2.08. The van der Waals surface area contributed by atoms with Gasteiger partial charge < -0.3 is 5.32 Å². The molecule has 21 heavy (non-hydrogen) atoms. The Kier molecular flexibility index (Phi) is 4.04. The maximum absolute atomic E-state index is 12.3. The van der Waals surface area contributed by atoms with Crippen LogP contribution >= 0.6 is 11.5 Å². The van der Waals surface area contributed by atoms with Gasteiger partial charge in [-0.25, -0.2) is 13.4 Å². The second-order valence-electron chi connectivity index (χ2n) is 3.91. The summed E-state index contributed by atoms with van der Waals surface area (Å²) in [7, 11) is -2.66. The number of rotatable bonds is 5. The van der Waals surface area contributed by atoms with Gasteiger partial charge in [0.2, 0.25) is 5.13 Å². The Labute approximate surface area is 124 Å². The molecule has 1 heterocycles. The molecule has 0 spiro atoms. The topological polar surface area (TPSA) is 127 Å². The number of sulfonamides is 1. The van der Waals surface area contributed by atoms with Crippen LogP contribution in [-0.4, -0.2) is 29.7 Å². The third kappa shape index (κ3) is 3.08. The van der Waals surface area contributed by atoms with Crippen molar-refractivity contribution in [3.8, 4) is 0 Å². The zero-order valence-corrected chi connectivity index (χ0v) is 12.7.